The molecule has 2 aliphatic carbocycles. The van der Waals surface area contributed by atoms with Gasteiger partial charge in [-0.05, 0) is 54.9 Å². The molecule has 168 valence electrons. The lowest BCUT2D eigenvalue weighted by atomic mass is 9.68. The molecule has 1 amide bonds. The van der Waals surface area contributed by atoms with Crippen molar-refractivity contribution < 1.29 is 18.0 Å². The normalized spacial score (nSPS) is 24.8. The number of fused-ring (bicyclic) bond motifs is 2. The minimum Gasteiger partial charge on any atom is -0.451 e. The summed E-state index contributed by atoms with van der Waals surface area (Å²) in [5.74, 6) is -1.90. The van der Waals surface area contributed by atoms with Gasteiger partial charge in [-0.15, -0.1) is 0 Å². The third kappa shape index (κ3) is 3.12. The van der Waals surface area contributed by atoms with Crippen LogP contribution in [0.1, 0.15) is 49.7 Å². The van der Waals surface area contributed by atoms with Crippen LogP contribution in [0.3, 0.4) is 0 Å². The summed E-state index contributed by atoms with van der Waals surface area (Å²) < 4.78 is 33.4. The zero-order valence-electron chi connectivity index (χ0n) is 18.3. The highest BCUT2D eigenvalue weighted by atomic mass is 19.1. The number of amides is 1. The Kier molecular flexibility index (Phi) is 5.35. The number of oxazole rings is 1. The molecule has 2 atom stereocenters. The number of halogens is 2. The summed E-state index contributed by atoms with van der Waals surface area (Å²) in [6.07, 6.45) is 5.46. The summed E-state index contributed by atoms with van der Waals surface area (Å²) in [7, 11) is 0. The molecule has 0 saturated heterocycles. The van der Waals surface area contributed by atoms with Crippen LogP contribution >= 0.6 is 0 Å². The molecule has 2 aliphatic rings. The fourth-order valence-corrected chi connectivity index (χ4v) is 5.50. The SMILES string of the molecule is CCN(C[C@@]12CC[C@@H](/C(=C/C(=N)c3c(F)cccc3F)C1=N)C2(C)C)C(=O)c1cocn1. The van der Waals surface area contributed by atoms with Gasteiger partial charge < -0.3 is 20.1 Å². The topological polar surface area (TPSA) is 94.0 Å². The van der Waals surface area contributed by atoms with Gasteiger partial charge in [0.1, 0.15) is 17.9 Å². The molecule has 1 heterocycles. The number of aromatic nitrogens is 1. The van der Waals surface area contributed by atoms with Crippen LogP contribution in [0.15, 0.2) is 46.9 Å². The van der Waals surface area contributed by atoms with Crippen molar-refractivity contribution in [2.24, 2.45) is 16.7 Å². The van der Waals surface area contributed by atoms with E-state index in [1.807, 2.05) is 6.92 Å². The second-order valence-corrected chi connectivity index (χ2v) is 9.07. The molecule has 1 aromatic heterocycles. The van der Waals surface area contributed by atoms with E-state index in [-0.39, 0.29) is 34.2 Å². The van der Waals surface area contributed by atoms with E-state index >= 15 is 0 Å². The van der Waals surface area contributed by atoms with E-state index in [0.29, 0.717) is 24.4 Å². The Morgan fingerprint density at radius 3 is 2.62 bits per heavy atom. The predicted octanol–water partition coefficient (Wildman–Crippen LogP) is 4.87. The first-order valence-electron chi connectivity index (χ1n) is 10.7. The zero-order chi connectivity index (χ0) is 23.3. The average Bonchev–Trinajstić information content (AvgIpc) is 3.39. The Balaban J connectivity index is 1.69. The molecule has 32 heavy (non-hydrogen) atoms. The molecule has 2 fully saturated rings. The van der Waals surface area contributed by atoms with Crippen molar-refractivity contribution in [1.29, 1.82) is 10.8 Å². The van der Waals surface area contributed by atoms with Crippen LogP contribution in [0.2, 0.25) is 0 Å². The summed E-state index contributed by atoms with van der Waals surface area (Å²) in [4.78, 5) is 18.6. The Hall–Kier alpha value is -3.16. The number of benzene rings is 1. The summed E-state index contributed by atoms with van der Waals surface area (Å²) in [5.41, 5.74) is -0.476. The first-order chi connectivity index (χ1) is 15.1. The maximum atomic E-state index is 14.2. The maximum absolute atomic E-state index is 14.2. The van der Waals surface area contributed by atoms with Crippen molar-refractivity contribution in [3.8, 4) is 0 Å². The number of carbonyl (C=O) groups is 1. The Morgan fingerprint density at radius 1 is 1.34 bits per heavy atom. The standard InChI is InChI=1S/C24H26F2N4O2/c1-4-30(22(31)19-11-32-13-29-19)12-24-9-8-15(23(24,2)3)14(21(24)28)10-18(27)20-16(25)6-5-7-17(20)26/h5-7,10-11,13,15,27-28H,4,8-9,12H2,1-3H3/b14-10-,27-18?,28-21?/t15-,24-/m0/s1. The highest BCUT2D eigenvalue weighted by molar-refractivity contribution is 6.15. The van der Waals surface area contributed by atoms with Crippen molar-refractivity contribution >= 4 is 17.3 Å². The summed E-state index contributed by atoms with van der Waals surface area (Å²) >= 11 is 0. The second-order valence-electron chi connectivity index (χ2n) is 9.07. The van der Waals surface area contributed by atoms with Gasteiger partial charge >= 0.3 is 0 Å². The van der Waals surface area contributed by atoms with Crippen LogP contribution in [0, 0.1) is 39.2 Å². The number of allylic oxidation sites excluding steroid dienone is 2. The van der Waals surface area contributed by atoms with Crippen LogP contribution in [0.5, 0.6) is 0 Å². The first kappa shape index (κ1) is 22.0. The van der Waals surface area contributed by atoms with Gasteiger partial charge in [0, 0.05) is 24.2 Å². The fourth-order valence-electron chi connectivity index (χ4n) is 5.50. The molecule has 0 radical (unpaired) electrons. The molecule has 2 aromatic rings. The Bertz CT molecular complexity index is 1100. The monoisotopic (exact) mass is 440 g/mol. The lowest BCUT2D eigenvalue weighted by Crippen LogP contribution is -2.48. The number of nitrogens with zero attached hydrogens (tertiary/aromatic N) is 2. The predicted molar refractivity (Wildman–Crippen MR) is 116 cm³/mol. The third-order valence-electron chi connectivity index (χ3n) is 7.42. The van der Waals surface area contributed by atoms with E-state index in [0.717, 1.165) is 25.0 Å². The molecule has 4 rings (SSSR count). The number of rotatable bonds is 6. The molecule has 0 spiro atoms. The molecular weight excluding hydrogens is 414 g/mol. The van der Waals surface area contributed by atoms with Crippen molar-refractivity contribution in [3.63, 3.8) is 0 Å². The van der Waals surface area contributed by atoms with Crippen LogP contribution < -0.4 is 0 Å². The van der Waals surface area contributed by atoms with Gasteiger partial charge in [0.15, 0.2) is 12.1 Å². The molecule has 6 nitrogen and oxygen atoms in total. The van der Waals surface area contributed by atoms with Gasteiger partial charge in [0.2, 0.25) is 0 Å². The minimum absolute atomic E-state index is 0.0361. The van der Waals surface area contributed by atoms with E-state index in [4.69, 9.17) is 15.2 Å². The van der Waals surface area contributed by atoms with Gasteiger partial charge in [0.05, 0.1) is 11.3 Å². The number of hydrogen-bond acceptors (Lipinski definition) is 5. The lowest BCUT2D eigenvalue weighted by Gasteiger charge is -2.41. The van der Waals surface area contributed by atoms with Crippen LogP contribution in [-0.4, -0.2) is 40.3 Å². The van der Waals surface area contributed by atoms with E-state index < -0.39 is 17.0 Å². The summed E-state index contributed by atoms with van der Waals surface area (Å²) in [6, 6.07) is 3.51. The minimum atomic E-state index is -0.800. The van der Waals surface area contributed by atoms with Gasteiger partial charge in [0.25, 0.3) is 5.91 Å². The van der Waals surface area contributed by atoms with Crippen molar-refractivity contribution in [1.82, 2.24) is 9.88 Å². The molecule has 0 unspecified atom stereocenters. The zero-order valence-corrected chi connectivity index (χ0v) is 18.3. The highest BCUT2D eigenvalue weighted by Crippen LogP contribution is 2.66. The Morgan fingerprint density at radius 2 is 2.03 bits per heavy atom. The van der Waals surface area contributed by atoms with Crippen molar-refractivity contribution in [2.75, 3.05) is 13.1 Å². The maximum Gasteiger partial charge on any atom is 0.275 e. The molecule has 8 heteroatoms. The second kappa shape index (κ2) is 7.76. The first-order valence-corrected chi connectivity index (χ1v) is 10.7. The number of nitrogens with one attached hydrogen (secondary N) is 2. The highest BCUT2D eigenvalue weighted by Gasteiger charge is 2.65. The van der Waals surface area contributed by atoms with Crippen LogP contribution in [-0.2, 0) is 0 Å². The van der Waals surface area contributed by atoms with Gasteiger partial charge in [-0.2, -0.15) is 0 Å². The van der Waals surface area contributed by atoms with Crippen molar-refractivity contribution in [2.45, 2.75) is 33.6 Å². The average molecular weight is 440 g/mol. The number of hydrogen-bond donors (Lipinski definition) is 2. The third-order valence-corrected chi connectivity index (χ3v) is 7.42. The quantitative estimate of drug-likeness (QED) is 0.628. The summed E-state index contributed by atoms with van der Waals surface area (Å²) in [5, 5.41) is 17.4. The molecule has 2 bridgehead atoms. The van der Waals surface area contributed by atoms with E-state index in [9.17, 15) is 13.6 Å². The largest absolute Gasteiger partial charge is 0.451 e. The molecule has 0 aliphatic heterocycles. The van der Waals surface area contributed by atoms with Gasteiger partial charge in [-0.1, -0.05) is 19.9 Å². The van der Waals surface area contributed by atoms with E-state index in [1.165, 1.54) is 24.8 Å². The van der Waals surface area contributed by atoms with Crippen LogP contribution in [0.25, 0.3) is 0 Å². The van der Waals surface area contributed by atoms with E-state index in [2.05, 4.69) is 18.8 Å². The number of carbonyl (C=O) groups excluding carboxylic acids is 1. The molecule has 2 N–H and O–H groups in total. The molecule has 1 aromatic carbocycles. The lowest BCUT2D eigenvalue weighted by molar-refractivity contribution is 0.0623. The van der Waals surface area contributed by atoms with E-state index in [1.54, 1.807) is 4.90 Å². The fraction of sp³-hybridized carbons (Fsp3) is 0.417. The molecular formula is C24H26F2N4O2. The Labute approximate surface area is 185 Å². The van der Waals surface area contributed by atoms with Gasteiger partial charge in [-0.3, -0.25) is 4.79 Å². The van der Waals surface area contributed by atoms with Crippen molar-refractivity contribution in [3.05, 3.63) is 65.4 Å². The van der Waals surface area contributed by atoms with Crippen LogP contribution in [0.4, 0.5) is 8.78 Å². The smallest absolute Gasteiger partial charge is 0.275 e. The summed E-state index contributed by atoms with van der Waals surface area (Å²) in [6.45, 7) is 6.79. The van der Waals surface area contributed by atoms with Gasteiger partial charge in [-0.25, -0.2) is 13.8 Å². The molecule has 2 saturated carbocycles.